The summed E-state index contributed by atoms with van der Waals surface area (Å²) >= 11 is 0. The molecule has 0 spiro atoms. The number of ketones is 1. The van der Waals surface area contributed by atoms with Crippen LogP contribution in [0.4, 0.5) is 0 Å². The van der Waals surface area contributed by atoms with Gasteiger partial charge >= 0.3 is 5.97 Å². The number of rotatable bonds is 15. The maximum Gasteiger partial charge on any atom is 0.303 e. The van der Waals surface area contributed by atoms with Crippen LogP contribution in [-0.2, 0) is 14.4 Å². The van der Waals surface area contributed by atoms with Gasteiger partial charge in [0.05, 0.1) is 6.10 Å². The Kier molecular flexibility index (Phi) is 13.6. The Morgan fingerprint density at radius 2 is 1.80 bits per heavy atom. The van der Waals surface area contributed by atoms with E-state index >= 15 is 0 Å². The minimum Gasteiger partial charge on any atom is -0.481 e. The van der Waals surface area contributed by atoms with Gasteiger partial charge < -0.3 is 15.0 Å². The Labute approximate surface area is 150 Å². The highest BCUT2D eigenvalue weighted by atomic mass is 16.4. The molecule has 0 aliphatic carbocycles. The summed E-state index contributed by atoms with van der Waals surface area (Å²) in [6.45, 7) is 3.55. The van der Waals surface area contributed by atoms with Crippen molar-refractivity contribution in [3.63, 3.8) is 0 Å². The third-order valence-corrected chi connectivity index (χ3v) is 4.09. The maximum atomic E-state index is 11.8. The van der Waals surface area contributed by atoms with E-state index in [0.29, 0.717) is 25.7 Å². The molecule has 0 radical (unpaired) electrons. The van der Waals surface area contributed by atoms with Gasteiger partial charge in [0, 0.05) is 18.3 Å². The fourth-order valence-electron chi connectivity index (χ4n) is 2.56. The number of aliphatic hydroxyl groups excluding tert-OH is 1. The number of carbonyl (C=O) groups is 3. The molecule has 2 N–H and O–H groups in total. The van der Waals surface area contributed by atoms with E-state index in [-0.39, 0.29) is 12.2 Å². The molecule has 0 aromatic rings. The molecule has 5 nitrogen and oxygen atoms in total. The van der Waals surface area contributed by atoms with Crippen LogP contribution in [0.3, 0.4) is 0 Å². The zero-order chi connectivity index (χ0) is 19.1. The largest absolute Gasteiger partial charge is 0.481 e. The Morgan fingerprint density at radius 1 is 1.08 bits per heavy atom. The van der Waals surface area contributed by atoms with Crippen LogP contribution in [0.2, 0.25) is 0 Å². The van der Waals surface area contributed by atoms with Crippen LogP contribution >= 0.6 is 0 Å². The fourth-order valence-corrected chi connectivity index (χ4v) is 2.56. The first kappa shape index (κ1) is 23.2. The molecule has 0 saturated carbocycles. The van der Waals surface area contributed by atoms with Crippen LogP contribution in [0.5, 0.6) is 0 Å². The highest BCUT2D eigenvalue weighted by Crippen LogP contribution is 2.19. The Morgan fingerprint density at radius 3 is 2.36 bits per heavy atom. The molecule has 5 heteroatoms. The number of aliphatic hydroxyl groups is 1. The summed E-state index contributed by atoms with van der Waals surface area (Å²) in [4.78, 5) is 33.6. The van der Waals surface area contributed by atoms with Crippen molar-refractivity contribution in [3.05, 3.63) is 24.3 Å². The van der Waals surface area contributed by atoms with E-state index in [1.807, 2.05) is 12.2 Å². The monoisotopic (exact) mass is 352 g/mol. The number of aliphatic carboxylic acids is 1. The zero-order valence-corrected chi connectivity index (χ0v) is 15.4. The maximum absolute atomic E-state index is 11.8. The summed E-state index contributed by atoms with van der Waals surface area (Å²) in [7, 11) is 0. The first-order valence-corrected chi connectivity index (χ1v) is 9.11. The Balaban J connectivity index is 4.53. The molecule has 0 aromatic heterocycles. The third kappa shape index (κ3) is 12.3. The number of unbranched alkanes of at least 4 members (excludes halogenated alkanes) is 3. The molecule has 142 valence electrons. The van der Waals surface area contributed by atoms with Crippen LogP contribution in [0, 0.1) is 11.8 Å². The van der Waals surface area contributed by atoms with Crippen molar-refractivity contribution in [2.45, 2.75) is 71.3 Å². The second-order valence-electron chi connectivity index (χ2n) is 6.38. The lowest BCUT2D eigenvalue weighted by molar-refractivity contribution is -0.137. The molecule has 0 fully saturated rings. The van der Waals surface area contributed by atoms with Gasteiger partial charge in [0.1, 0.15) is 12.1 Å². The van der Waals surface area contributed by atoms with Crippen molar-refractivity contribution < 1.29 is 24.6 Å². The van der Waals surface area contributed by atoms with E-state index in [9.17, 15) is 19.5 Å². The summed E-state index contributed by atoms with van der Waals surface area (Å²) in [6.07, 6.45) is 12.6. The SMILES string of the molecule is CCCCC[C@H](O)/C=C/[C@H](C(C)=O)[C@H](C=O)C/C=C\CCCC(=O)O. The highest BCUT2D eigenvalue weighted by Gasteiger charge is 2.22. The molecule has 0 aromatic carbocycles. The van der Waals surface area contributed by atoms with Gasteiger partial charge in [0.25, 0.3) is 0 Å². The molecule has 0 aliphatic rings. The second-order valence-corrected chi connectivity index (χ2v) is 6.38. The van der Waals surface area contributed by atoms with Crippen LogP contribution in [0.1, 0.15) is 65.2 Å². The van der Waals surface area contributed by atoms with E-state index in [0.717, 1.165) is 25.5 Å². The van der Waals surface area contributed by atoms with Crippen molar-refractivity contribution in [2.75, 3.05) is 0 Å². The molecule has 0 amide bonds. The molecule has 0 unspecified atom stereocenters. The number of carbonyl (C=O) groups excluding carboxylic acids is 2. The first-order chi connectivity index (χ1) is 11.9. The Hall–Kier alpha value is -1.75. The van der Waals surface area contributed by atoms with Crippen LogP contribution < -0.4 is 0 Å². The number of carboxylic acid groups (broad SMARTS) is 1. The zero-order valence-electron chi connectivity index (χ0n) is 15.4. The average Bonchev–Trinajstić information content (AvgIpc) is 2.55. The van der Waals surface area contributed by atoms with Gasteiger partial charge in [-0.1, -0.05) is 50.5 Å². The average molecular weight is 352 g/mol. The number of allylic oxidation sites excluding steroid dienone is 3. The van der Waals surface area contributed by atoms with Crippen LogP contribution in [0.25, 0.3) is 0 Å². The molecule has 0 saturated heterocycles. The summed E-state index contributed by atoms with van der Waals surface area (Å²) in [5.74, 6) is -1.93. The predicted molar refractivity (Wildman–Crippen MR) is 98.3 cm³/mol. The van der Waals surface area contributed by atoms with Crippen molar-refractivity contribution in [3.8, 4) is 0 Å². The van der Waals surface area contributed by atoms with Crippen molar-refractivity contribution in [2.24, 2.45) is 11.8 Å². The van der Waals surface area contributed by atoms with Crippen LogP contribution in [0.15, 0.2) is 24.3 Å². The molecule has 0 aliphatic heterocycles. The summed E-state index contributed by atoms with van der Waals surface area (Å²) in [5, 5.41) is 18.5. The van der Waals surface area contributed by atoms with Gasteiger partial charge in [-0.25, -0.2) is 0 Å². The van der Waals surface area contributed by atoms with Crippen molar-refractivity contribution in [1.29, 1.82) is 0 Å². The van der Waals surface area contributed by atoms with E-state index in [2.05, 4.69) is 6.92 Å². The normalized spacial score (nSPS) is 15.3. The lowest BCUT2D eigenvalue weighted by atomic mass is 9.86. The van der Waals surface area contributed by atoms with Gasteiger partial charge in [0.2, 0.25) is 0 Å². The van der Waals surface area contributed by atoms with Gasteiger partial charge in [-0.3, -0.25) is 9.59 Å². The number of hydrogen-bond donors (Lipinski definition) is 2. The minimum atomic E-state index is -0.821. The topological polar surface area (TPSA) is 91.7 Å². The van der Waals surface area contributed by atoms with Crippen molar-refractivity contribution >= 4 is 18.0 Å². The highest BCUT2D eigenvalue weighted by molar-refractivity contribution is 5.83. The summed E-state index contributed by atoms with van der Waals surface area (Å²) < 4.78 is 0. The van der Waals surface area contributed by atoms with Gasteiger partial charge in [-0.15, -0.1) is 0 Å². The Bertz CT molecular complexity index is 453. The standard InChI is InChI=1S/C20H32O5/c1-3-4-7-11-18(23)13-14-19(16(2)22)17(15-21)10-8-5-6-9-12-20(24)25/h5,8,13-15,17-19,23H,3-4,6-7,9-12H2,1-2H3,(H,24,25)/b8-5-,14-13+/t17-,18-,19+/m0/s1. The molecule has 0 rings (SSSR count). The molecular formula is C20H32O5. The number of Topliss-reactive ketones (excluding diaryl/α,β-unsaturated/α-hetero) is 1. The quantitative estimate of drug-likeness (QED) is 0.266. The molecule has 25 heavy (non-hydrogen) atoms. The summed E-state index contributed by atoms with van der Waals surface area (Å²) in [5.41, 5.74) is 0. The van der Waals surface area contributed by atoms with Crippen LogP contribution in [-0.4, -0.2) is 34.4 Å². The number of carboxylic acids is 1. The van der Waals surface area contributed by atoms with E-state index in [1.54, 1.807) is 12.2 Å². The smallest absolute Gasteiger partial charge is 0.303 e. The first-order valence-electron chi connectivity index (χ1n) is 9.11. The van der Waals surface area contributed by atoms with E-state index in [4.69, 9.17) is 5.11 Å². The number of aldehydes is 1. The minimum absolute atomic E-state index is 0.103. The number of hydrogen-bond acceptors (Lipinski definition) is 4. The van der Waals surface area contributed by atoms with Gasteiger partial charge in [0.15, 0.2) is 0 Å². The lowest BCUT2D eigenvalue weighted by Gasteiger charge is -2.16. The van der Waals surface area contributed by atoms with E-state index in [1.165, 1.54) is 6.92 Å². The second kappa shape index (κ2) is 14.6. The molecule has 3 atom stereocenters. The molecule has 0 heterocycles. The third-order valence-electron chi connectivity index (χ3n) is 4.09. The summed E-state index contributed by atoms with van der Waals surface area (Å²) in [6, 6.07) is 0. The molecule has 0 bridgehead atoms. The van der Waals surface area contributed by atoms with Crippen molar-refractivity contribution in [1.82, 2.24) is 0 Å². The molecular weight excluding hydrogens is 320 g/mol. The fraction of sp³-hybridized carbons (Fsp3) is 0.650. The predicted octanol–water partition coefficient (Wildman–Crippen LogP) is 3.71. The van der Waals surface area contributed by atoms with Gasteiger partial charge in [-0.05, 0) is 32.6 Å². The van der Waals surface area contributed by atoms with Gasteiger partial charge in [-0.2, -0.15) is 0 Å². The van der Waals surface area contributed by atoms with E-state index < -0.39 is 23.9 Å². The lowest BCUT2D eigenvalue weighted by Crippen LogP contribution is -2.21.